The van der Waals surface area contributed by atoms with Gasteiger partial charge in [0.25, 0.3) is 0 Å². The molecule has 10 amide bonds. The molecule has 28 atom stereocenters. The Morgan fingerprint density at radius 2 is 0.648 bits per heavy atom. The Balaban J connectivity index is 1.48. The van der Waals surface area contributed by atoms with Crippen LogP contribution in [0.5, 0.6) is 0 Å². The molecule has 5 saturated heterocycles. The average molecular weight is 2110 g/mol. The van der Waals surface area contributed by atoms with E-state index in [4.69, 9.17) is 110 Å². The van der Waals surface area contributed by atoms with Crippen molar-refractivity contribution in [1.82, 2.24) is 47.9 Å². The molecule has 59 nitrogen and oxygen atoms in total. The fourth-order valence-corrected chi connectivity index (χ4v) is 16.8. The number of nitrogens with one attached hydrogen (secondary N) is 9. The number of carbonyl (C=O) groups is 24. The predicted molar refractivity (Wildman–Crippen MR) is 476 cm³/mol. The first kappa shape index (κ1) is 122. The lowest BCUT2D eigenvalue weighted by atomic mass is 9.94. The summed E-state index contributed by atoms with van der Waals surface area (Å²) in [6.07, 6.45) is -39.8. The molecule has 0 radical (unpaired) electrons. The molecule has 0 bridgehead atoms. The minimum absolute atomic E-state index is 0.0722. The van der Waals surface area contributed by atoms with Gasteiger partial charge in [0.1, 0.15) is 125 Å². The lowest BCUT2D eigenvalue weighted by Crippen LogP contribution is -2.71. The molecule has 0 spiro atoms. The third-order valence-corrected chi connectivity index (χ3v) is 22.4. The van der Waals surface area contributed by atoms with Crippen LogP contribution in [0, 0.1) is 0 Å². The van der Waals surface area contributed by atoms with Gasteiger partial charge in [0, 0.05) is 148 Å². The van der Waals surface area contributed by atoms with Crippen LogP contribution in [0.4, 0.5) is 0 Å². The van der Waals surface area contributed by atoms with Crippen molar-refractivity contribution >= 4 is 166 Å². The van der Waals surface area contributed by atoms with Crippen molar-refractivity contribution in [2.24, 2.45) is 10.8 Å². The summed E-state index contributed by atoms with van der Waals surface area (Å²) in [7, 11) is 0. The maximum absolute atomic E-state index is 14.8. The molecule has 0 aromatic heterocycles. The van der Waals surface area contributed by atoms with Crippen LogP contribution in [0.1, 0.15) is 144 Å². The minimum Gasteiger partial charge on any atom is -0.463 e. The van der Waals surface area contributed by atoms with Crippen LogP contribution >= 0.6 is 23.5 Å². The highest BCUT2D eigenvalue weighted by Crippen LogP contribution is 2.38. The van der Waals surface area contributed by atoms with Gasteiger partial charge in [0.2, 0.25) is 59.1 Å². The van der Waals surface area contributed by atoms with Gasteiger partial charge in [-0.15, -0.1) is 23.5 Å². The summed E-state index contributed by atoms with van der Waals surface area (Å²) in [6, 6.07) is -10.2. The van der Waals surface area contributed by atoms with E-state index in [0.717, 1.165) is 125 Å². The number of primary amides is 1. The van der Waals surface area contributed by atoms with Crippen LogP contribution in [0.25, 0.3) is 10.4 Å². The van der Waals surface area contributed by atoms with Crippen LogP contribution in [0.3, 0.4) is 0 Å². The summed E-state index contributed by atoms with van der Waals surface area (Å²) in [4.78, 5) is 317. The van der Waals surface area contributed by atoms with E-state index in [9.17, 15) is 121 Å². The number of amides is 10. The Kier molecular flexibility index (Phi) is 50.7. The summed E-state index contributed by atoms with van der Waals surface area (Å²) in [6.45, 7) is 12.6. The highest BCUT2D eigenvalue weighted by molar-refractivity contribution is 8.00. The molecule has 0 aromatic carbocycles. The zero-order valence-corrected chi connectivity index (χ0v) is 83.7. The van der Waals surface area contributed by atoms with Gasteiger partial charge in [-0.05, 0) is 24.8 Å². The second kappa shape index (κ2) is 60.0. The first-order chi connectivity index (χ1) is 68.1. The molecule has 5 rings (SSSR count). The molecule has 10 unspecified atom stereocenters. The van der Waals surface area contributed by atoms with E-state index in [1.165, 1.54) is 0 Å². The molecule has 5 heterocycles. The van der Waals surface area contributed by atoms with Gasteiger partial charge in [-0.3, -0.25) is 115 Å². The number of hydrogen-bond acceptors (Lipinski definition) is 49. The van der Waals surface area contributed by atoms with Crippen molar-refractivity contribution in [3.8, 4) is 0 Å². The maximum Gasteiger partial charge on any atom is 0.303 e. The van der Waals surface area contributed by atoms with Gasteiger partial charge in [-0.2, -0.15) is 0 Å². The minimum atomic E-state index is -2.05. The number of nitrogens with two attached hydrogens (primary N) is 1. The molecule has 5 aliphatic rings. The number of nitrogens with zero attached hydrogens (tertiary/aromatic N) is 3. The normalized spacial score (nSPS) is 27.2. The van der Waals surface area contributed by atoms with Crippen molar-refractivity contribution in [1.29, 1.82) is 0 Å². The number of unbranched alkanes of at least 4 members (excludes halogenated alkanes) is 1. The van der Waals surface area contributed by atoms with Gasteiger partial charge in [0.15, 0.2) is 86.2 Å². The molecule has 11 N–H and O–H groups in total. The van der Waals surface area contributed by atoms with Gasteiger partial charge >= 0.3 is 83.6 Å². The second-order valence-corrected chi connectivity index (χ2v) is 34.7. The van der Waals surface area contributed by atoms with E-state index in [2.05, 4.69) is 57.9 Å². The lowest BCUT2D eigenvalue weighted by Gasteiger charge is -2.49. The summed E-state index contributed by atoms with van der Waals surface area (Å²) in [5.74, 6) is -26.3. The Hall–Kier alpha value is -13.0. The Morgan fingerprint density at radius 3 is 0.993 bits per heavy atom. The number of esters is 14. The van der Waals surface area contributed by atoms with Crippen LogP contribution in [-0.2, 0) is 219 Å². The molecule has 61 heteroatoms. The van der Waals surface area contributed by atoms with Gasteiger partial charge < -0.3 is 158 Å². The Labute approximate surface area is 835 Å². The zero-order chi connectivity index (χ0) is 109. The predicted octanol–water partition coefficient (Wildman–Crippen LogP) is -6.26. The molecular formula is C84H121N13O46S2. The van der Waals surface area contributed by atoms with Crippen molar-refractivity contribution in [3.63, 3.8) is 0 Å². The average Bonchev–Trinajstić information content (AvgIpc) is 0.759. The fraction of sp³-hybridized carbons (Fsp3) is 0.714. The summed E-state index contributed by atoms with van der Waals surface area (Å²) >= 11 is 1.25. The molecule has 0 saturated carbocycles. The number of thioether (sulfide) groups is 2. The molecular weight excluding hydrogens is 1990 g/mol. The molecule has 0 aliphatic carbocycles. The SMILES string of the molecule is CC(=O)NC1[C@H](N=[N+]=[N-])OC(COC(C)=O)[C@@H](OCC(=O)NCCCC[C@H](NC(=O)[C@H](CSCC(=O)N[C@@H]2OC(COC(C)=O)[C@@H](O[C@@H]3OC(COC(C)=O)[C@H](OC(C)=O)[C@H](OC(C)=O)C3OC(C)=O)[C@H](OC(C)=O)C2NC(C)=O)NC(C)=O)C(=O)N[C@@H](CSCC(=O)N[C@@H]2OC(COC(C)=O)[C@@H](O[C@@H]3OC(COC(C)=O)[C@H](OC(C)=O)[C@H](OC(C)=O)C3OC(C)=O)[C@H](OC(C)=O)C2NC(C)=O)C(N)=O)[C@@H]1OC(C)=O. The lowest BCUT2D eigenvalue weighted by molar-refractivity contribution is -0.339. The van der Waals surface area contributed by atoms with E-state index in [0.29, 0.717) is 23.5 Å². The van der Waals surface area contributed by atoms with Gasteiger partial charge in [0.05, 0.1) is 11.5 Å². The van der Waals surface area contributed by atoms with E-state index in [-0.39, 0.29) is 19.4 Å². The largest absolute Gasteiger partial charge is 0.463 e. The van der Waals surface area contributed by atoms with Crippen molar-refractivity contribution in [3.05, 3.63) is 10.4 Å². The van der Waals surface area contributed by atoms with E-state index in [1.807, 2.05) is 0 Å². The zero-order valence-electron chi connectivity index (χ0n) is 82.1. The van der Waals surface area contributed by atoms with Gasteiger partial charge in [-0.25, -0.2) is 0 Å². The second-order valence-electron chi connectivity index (χ2n) is 32.7. The molecule has 5 aliphatic heterocycles. The molecule has 810 valence electrons. The Bertz CT molecular complexity index is 4700. The number of ether oxygens (including phenoxy) is 22. The monoisotopic (exact) mass is 2110 g/mol. The van der Waals surface area contributed by atoms with Crippen molar-refractivity contribution in [2.75, 3.05) is 69.2 Å². The van der Waals surface area contributed by atoms with Gasteiger partial charge in [-0.1, -0.05) is 5.11 Å². The molecule has 5 fully saturated rings. The first-order valence-corrected chi connectivity index (χ1v) is 46.8. The molecule has 145 heavy (non-hydrogen) atoms. The number of rotatable bonds is 51. The van der Waals surface area contributed by atoms with Crippen LogP contribution < -0.4 is 53.6 Å². The quantitative estimate of drug-likeness (QED) is 0.00676. The topological polar surface area (TPSA) is 796 Å². The third-order valence-electron chi connectivity index (χ3n) is 20.3. The Morgan fingerprint density at radius 1 is 0.331 bits per heavy atom. The summed E-state index contributed by atoms with van der Waals surface area (Å²) in [5, 5.41) is 25.9. The number of azide groups is 1. The van der Waals surface area contributed by atoms with Crippen molar-refractivity contribution < 1.29 is 219 Å². The van der Waals surface area contributed by atoms with E-state index >= 15 is 0 Å². The third kappa shape index (κ3) is 41.9. The highest BCUT2D eigenvalue weighted by Gasteiger charge is 2.61. The maximum atomic E-state index is 14.8. The fourth-order valence-electron chi connectivity index (χ4n) is 15.1. The van der Waals surface area contributed by atoms with E-state index < -0.39 is 383 Å². The van der Waals surface area contributed by atoms with Crippen LogP contribution in [0.2, 0.25) is 0 Å². The number of carbonyl (C=O) groups excluding carboxylic acids is 24. The van der Waals surface area contributed by atoms with Crippen LogP contribution in [-0.4, -0.2) is 383 Å². The first-order valence-electron chi connectivity index (χ1n) is 44.5. The van der Waals surface area contributed by atoms with Crippen LogP contribution in [0.15, 0.2) is 5.11 Å². The standard InChI is InChI=1S/C84H121N13O46S2/c1-33(98)88-53(30-145-32-61(118)95-81-63(90-35(3)100)72(132-46(14)111)67(56(138-81)25-124-39(7)104)143-84-76(136-50(18)115)74(134-48(16)113)69(129-43(11)108)58(141-84)27-126-41(9)106)79(121)92-51(21-19-20-22-87-59(116)28-127-65-54(23-122-37(5)102)139-82(96-97-86)64(91-36(4)101)70(65)130-44(12)109)78(120)93-52(77(85)119)29-144-31-60(117)94-80-62(89-34(2)99)71(131-45(13)110)66(55(137-80)24-123-38(6)103)142-83-75(135-49(17)114)73(133-47(15)112)68(128-42(10)107)57(140-83)26-125-40(8)105/h51-58,62-76,80-84H,19-32H2,1-18H3,(H2,85,119)(H,87,116)(H,88,98)(H,89,99)(H,90,100)(H,91,101)(H,92,121)(H,93,120)(H,94,117)(H,95,118)/t51-,52-,53-,54?,55?,56?,57?,58?,62?,63?,64?,65+,66+,67+,68-,69-,70+,71+,72+,73-,74-,75?,76?,80+,81+,82+,83-,84-/m0/s1. The van der Waals surface area contributed by atoms with E-state index in [1.54, 1.807) is 0 Å². The number of hydrogen-bond donors (Lipinski definition) is 10. The smallest absolute Gasteiger partial charge is 0.303 e. The summed E-state index contributed by atoms with van der Waals surface area (Å²) in [5.41, 5.74) is 15.3. The molecule has 0 aromatic rings. The highest BCUT2D eigenvalue weighted by atomic mass is 32.2. The summed E-state index contributed by atoms with van der Waals surface area (Å²) < 4.78 is 126. The van der Waals surface area contributed by atoms with Crippen molar-refractivity contribution in [2.45, 2.75) is 315 Å².